The van der Waals surface area contributed by atoms with Gasteiger partial charge >= 0.3 is 0 Å². The van der Waals surface area contributed by atoms with Crippen LogP contribution in [0.4, 0.5) is 0 Å². The van der Waals surface area contributed by atoms with E-state index >= 15 is 0 Å². The van der Waals surface area contributed by atoms with Crippen LogP contribution in [0.5, 0.6) is 0 Å². The highest BCUT2D eigenvalue weighted by molar-refractivity contribution is 5.81. The smallest absolute Gasteiger partial charge is 0.239 e. The second-order valence-corrected chi connectivity index (χ2v) is 3.40. The van der Waals surface area contributed by atoms with Gasteiger partial charge in [0.1, 0.15) is 0 Å². The molecule has 0 radical (unpaired) electrons. The number of nitrogens with two attached hydrogens (primary N) is 1. The zero-order valence-electron chi connectivity index (χ0n) is 7.75. The summed E-state index contributed by atoms with van der Waals surface area (Å²) in [6.07, 6.45) is 4.28. The first-order valence-electron chi connectivity index (χ1n) is 4.80. The number of likely N-dealkylation sites (tertiary alicyclic amines) is 1. The third-order valence-electron chi connectivity index (χ3n) is 2.42. The molecule has 0 saturated carbocycles. The number of hydrogen-bond donors (Lipinski definition) is 1. The Morgan fingerprint density at radius 2 is 2.00 bits per heavy atom. The van der Waals surface area contributed by atoms with Crippen LogP contribution >= 0.6 is 0 Å². The van der Waals surface area contributed by atoms with Crippen LogP contribution in [0.2, 0.25) is 0 Å². The van der Waals surface area contributed by atoms with Gasteiger partial charge in [0.2, 0.25) is 5.91 Å². The molecule has 0 aromatic heterocycles. The van der Waals surface area contributed by atoms with Crippen LogP contribution in [0.15, 0.2) is 0 Å². The van der Waals surface area contributed by atoms with Crippen molar-refractivity contribution >= 4 is 5.91 Å². The maximum absolute atomic E-state index is 11.5. The van der Waals surface area contributed by atoms with E-state index in [4.69, 9.17) is 5.73 Å². The van der Waals surface area contributed by atoms with Crippen molar-refractivity contribution in [3.05, 3.63) is 0 Å². The third-order valence-corrected chi connectivity index (χ3v) is 2.42. The van der Waals surface area contributed by atoms with Gasteiger partial charge in [-0.3, -0.25) is 4.79 Å². The van der Waals surface area contributed by atoms with Crippen molar-refractivity contribution in [1.29, 1.82) is 0 Å². The van der Waals surface area contributed by atoms with Crippen LogP contribution in [0.3, 0.4) is 0 Å². The quantitative estimate of drug-likeness (QED) is 0.664. The van der Waals surface area contributed by atoms with Crippen molar-refractivity contribution in [2.24, 2.45) is 5.73 Å². The van der Waals surface area contributed by atoms with Crippen LogP contribution in [-0.4, -0.2) is 29.9 Å². The maximum atomic E-state index is 11.5. The molecule has 12 heavy (non-hydrogen) atoms. The number of carbonyl (C=O) groups excluding carboxylic acids is 1. The second kappa shape index (κ2) is 4.45. The Morgan fingerprint density at radius 1 is 1.42 bits per heavy atom. The predicted molar refractivity (Wildman–Crippen MR) is 48.7 cm³/mol. The van der Waals surface area contributed by atoms with Gasteiger partial charge in [-0.25, -0.2) is 0 Å². The minimum absolute atomic E-state index is 0.136. The van der Waals surface area contributed by atoms with E-state index < -0.39 is 0 Å². The molecule has 1 saturated heterocycles. The first-order valence-corrected chi connectivity index (χ1v) is 4.80. The van der Waals surface area contributed by atoms with Crippen molar-refractivity contribution in [3.8, 4) is 0 Å². The lowest BCUT2D eigenvalue weighted by atomic mass is 10.1. The Balaban J connectivity index is 2.39. The van der Waals surface area contributed by atoms with E-state index in [9.17, 15) is 4.79 Å². The highest BCUT2D eigenvalue weighted by Crippen LogP contribution is 2.09. The van der Waals surface area contributed by atoms with Crippen LogP contribution in [0.1, 0.15) is 32.6 Å². The SMILES string of the molecule is CC[C@H](N)C(=O)N1CCCCC1. The molecule has 1 rings (SSSR count). The molecule has 1 aliphatic heterocycles. The van der Waals surface area contributed by atoms with Crippen LogP contribution in [0.25, 0.3) is 0 Å². The van der Waals surface area contributed by atoms with Gasteiger partial charge in [-0.05, 0) is 25.7 Å². The monoisotopic (exact) mass is 170 g/mol. The normalized spacial score (nSPS) is 20.7. The van der Waals surface area contributed by atoms with Gasteiger partial charge in [0.05, 0.1) is 6.04 Å². The van der Waals surface area contributed by atoms with Crippen molar-refractivity contribution in [1.82, 2.24) is 4.90 Å². The first kappa shape index (κ1) is 9.52. The Bertz CT molecular complexity index is 153. The summed E-state index contributed by atoms with van der Waals surface area (Å²) in [6.45, 7) is 3.77. The molecular weight excluding hydrogens is 152 g/mol. The molecule has 0 spiro atoms. The van der Waals surface area contributed by atoms with Gasteiger partial charge in [-0.2, -0.15) is 0 Å². The fraction of sp³-hybridized carbons (Fsp3) is 0.889. The summed E-state index contributed by atoms with van der Waals surface area (Å²) in [5.41, 5.74) is 5.66. The predicted octanol–water partition coefficient (Wildman–Crippen LogP) is 0.736. The summed E-state index contributed by atoms with van der Waals surface area (Å²) in [4.78, 5) is 13.4. The van der Waals surface area contributed by atoms with E-state index in [1.165, 1.54) is 6.42 Å². The molecule has 70 valence electrons. The van der Waals surface area contributed by atoms with Gasteiger partial charge in [-0.1, -0.05) is 6.92 Å². The minimum atomic E-state index is -0.275. The molecule has 3 heteroatoms. The number of amides is 1. The van der Waals surface area contributed by atoms with E-state index in [1.807, 2.05) is 11.8 Å². The molecule has 0 aromatic carbocycles. The fourth-order valence-corrected chi connectivity index (χ4v) is 1.52. The first-order chi connectivity index (χ1) is 5.75. The zero-order valence-corrected chi connectivity index (χ0v) is 7.75. The van der Waals surface area contributed by atoms with Gasteiger partial charge in [0.15, 0.2) is 0 Å². The molecule has 3 nitrogen and oxygen atoms in total. The molecule has 0 bridgehead atoms. The molecule has 1 aliphatic rings. The standard InChI is InChI=1S/C9H18N2O/c1-2-8(10)9(12)11-6-4-3-5-7-11/h8H,2-7,10H2,1H3/t8-/m0/s1. The highest BCUT2D eigenvalue weighted by Gasteiger charge is 2.20. The molecule has 1 atom stereocenters. The largest absolute Gasteiger partial charge is 0.341 e. The van der Waals surface area contributed by atoms with Gasteiger partial charge < -0.3 is 10.6 Å². The molecule has 0 unspecified atom stereocenters. The average Bonchev–Trinajstić information content (AvgIpc) is 2.17. The van der Waals surface area contributed by atoms with Crippen molar-refractivity contribution < 1.29 is 4.79 Å². The van der Waals surface area contributed by atoms with E-state index in [0.29, 0.717) is 0 Å². The Labute approximate surface area is 73.9 Å². The molecular formula is C9H18N2O. The number of nitrogens with zero attached hydrogens (tertiary/aromatic N) is 1. The summed E-state index contributed by atoms with van der Waals surface area (Å²) >= 11 is 0. The zero-order chi connectivity index (χ0) is 8.97. The topological polar surface area (TPSA) is 46.3 Å². The number of piperidine rings is 1. The molecule has 0 aromatic rings. The van der Waals surface area contributed by atoms with Crippen LogP contribution < -0.4 is 5.73 Å². The summed E-state index contributed by atoms with van der Waals surface area (Å²) in [6, 6.07) is -0.275. The van der Waals surface area contributed by atoms with Crippen molar-refractivity contribution in [3.63, 3.8) is 0 Å². The van der Waals surface area contributed by atoms with E-state index in [1.54, 1.807) is 0 Å². The number of hydrogen-bond acceptors (Lipinski definition) is 2. The highest BCUT2D eigenvalue weighted by atomic mass is 16.2. The Morgan fingerprint density at radius 3 is 2.50 bits per heavy atom. The lowest BCUT2D eigenvalue weighted by molar-refractivity contribution is -0.133. The van der Waals surface area contributed by atoms with Crippen LogP contribution in [-0.2, 0) is 4.79 Å². The molecule has 2 N–H and O–H groups in total. The third kappa shape index (κ3) is 2.21. The van der Waals surface area contributed by atoms with Crippen molar-refractivity contribution in [2.45, 2.75) is 38.6 Å². The molecule has 1 fully saturated rings. The minimum Gasteiger partial charge on any atom is -0.341 e. The van der Waals surface area contributed by atoms with Crippen LogP contribution in [0, 0.1) is 0 Å². The average molecular weight is 170 g/mol. The summed E-state index contributed by atoms with van der Waals surface area (Å²) in [5, 5.41) is 0. The molecule has 1 heterocycles. The number of carbonyl (C=O) groups is 1. The summed E-state index contributed by atoms with van der Waals surface area (Å²) in [5.74, 6) is 0.136. The lowest BCUT2D eigenvalue weighted by Gasteiger charge is -2.28. The number of rotatable bonds is 2. The summed E-state index contributed by atoms with van der Waals surface area (Å²) in [7, 11) is 0. The van der Waals surface area contributed by atoms with Gasteiger partial charge in [-0.15, -0.1) is 0 Å². The Kier molecular flexibility index (Phi) is 3.53. The fourth-order valence-electron chi connectivity index (χ4n) is 1.52. The maximum Gasteiger partial charge on any atom is 0.239 e. The van der Waals surface area contributed by atoms with Gasteiger partial charge in [0, 0.05) is 13.1 Å². The van der Waals surface area contributed by atoms with Crippen molar-refractivity contribution in [2.75, 3.05) is 13.1 Å². The van der Waals surface area contributed by atoms with E-state index in [0.717, 1.165) is 32.4 Å². The molecule has 0 aliphatic carbocycles. The second-order valence-electron chi connectivity index (χ2n) is 3.40. The van der Waals surface area contributed by atoms with E-state index in [-0.39, 0.29) is 11.9 Å². The molecule has 1 amide bonds. The lowest BCUT2D eigenvalue weighted by Crippen LogP contribution is -2.45. The van der Waals surface area contributed by atoms with Gasteiger partial charge in [0.25, 0.3) is 0 Å². The Hall–Kier alpha value is -0.570. The summed E-state index contributed by atoms with van der Waals surface area (Å²) < 4.78 is 0. The van der Waals surface area contributed by atoms with E-state index in [2.05, 4.69) is 0 Å².